The van der Waals surface area contributed by atoms with E-state index in [0.29, 0.717) is 52.9 Å². The third kappa shape index (κ3) is 8.15. The van der Waals surface area contributed by atoms with Gasteiger partial charge in [-0.2, -0.15) is 0 Å². The summed E-state index contributed by atoms with van der Waals surface area (Å²) in [6.45, 7) is 22.5. The first-order valence-corrected chi connectivity index (χ1v) is 22.4. The third-order valence-corrected chi connectivity index (χ3v) is 17.4. The van der Waals surface area contributed by atoms with Crippen molar-refractivity contribution in [3.05, 3.63) is 24.3 Å². The summed E-state index contributed by atoms with van der Waals surface area (Å²) < 4.78 is 6.30. The highest BCUT2D eigenvalue weighted by Gasteiger charge is 2.71. The van der Waals surface area contributed by atoms with Gasteiger partial charge in [0.2, 0.25) is 0 Å². The van der Waals surface area contributed by atoms with Crippen molar-refractivity contribution in [2.24, 2.45) is 56.7 Å². The maximum absolute atomic E-state index is 13.2. The summed E-state index contributed by atoms with van der Waals surface area (Å²) in [6, 6.07) is 0. The average molecular weight is 707 g/mol. The summed E-state index contributed by atoms with van der Waals surface area (Å²) in [5.41, 5.74) is 2.39. The second-order valence-electron chi connectivity index (χ2n) is 20.4. The normalized spacial score (nSPS) is 39.9. The second-order valence-corrected chi connectivity index (χ2v) is 20.4. The van der Waals surface area contributed by atoms with Crippen LogP contribution in [-0.4, -0.2) is 23.8 Å². The zero-order chi connectivity index (χ0) is 36.9. The van der Waals surface area contributed by atoms with Crippen LogP contribution in [0.1, 0.15) is 203 Å². The highest BCUT2D eigenvalue weighted by Crippen LogP contribution is 2.77. The predicted molar refractivity (Wildman–Crippen MR) is 215 cm³/mol. The smallest absolute Gasteiger partial charge is 0.305 e. The molecule has 0 spiro atoms. The Kier molecular flexibility index (Phi) is 13.8. The molecule has 1 N–H and O–H groups in total. The fraction of sp³-hybridized carbons (Fsp3) is 0.896. The van der Waals surface area contributed by atoms with Gasteiger partial charge in [-0.3, -0.25) is 4.79 Å². The minimum absolute atomic E-state index is 0.00179. The van der Waals surface area contributed by atoms with Gasteiger partial charge in [0, 0.05) is 11.8 Å². The SMILES string of the molecule is C=C(C)[C@@H]1CC[C@]2(COC(=O)CCCCCCCC=CCCCCCCCC)CC[C@]3(C)[C@H](CC[C@@H]4[C@@]5(C)CC[C@H](O)C(C)(C)[C@@H]5CC[C@]43C)[C@@H]12. The van der Waals surface area contributed by atoms with E-state index in [1.807, 2.05) is 0 Å². The fourth-order valence-electron chi connectivity index (χ4n) is 14.2. The Morgan fingerprint density at radius 2 is 1.37 bits per heavy atom. The molecule has 3 nitrogen and oxygen atoms in total. The Balaban J connectivity index is 1.11. The first kappa shape index (κ1) is 41.1. The van der Waals surface area contributed by atoms with E-state index in [4.69, 9.17) is 4.74 Å². The molecule has 0 amide bonds. The van der Waals surface area contributed by atoms with Gasteiger partial charge in [-0.1, -0.05) is 117 Å². The van der Waals surface area contributed by atoms with Gasteiger partial charge in [0.15, 0.2) is 0 Å². The Bertz CT molecular complexity index is 1180. The molecule has 0 aromatic rings. The number of rotatable bonds is 18. The van der Waals surface area contributed by atoms with Crippen LogP contribution >= 0.6 is 0 Å². The van der Waals surface area contributed by atoms with Gasteiger partial charge in [-0.05, 0) is 154 Å². The minimum Gasteiger partial charge on any atom is -0.465 e. The summed E-state index contributed by atoms with van der Waals surface area (Å²) in [5, 5.41) is 11.1. The van der Waals surface area contributed by atoms with Crippen molar-refractivity contribution in [1.82, 2.24) is 0 Å². The molecule has 0 radical (unpaired) electrons. The molecule has 5 fully saturated rings. The third-order valence-electron chi connectivity index (χ3n) is 17.4. The molecule has 51 heavy (non-hydrogen) atoms. The van der Waals surface area contributed by atoms with Crippen LogP contribution < -0.4 is 0 Å². The molecule has 10 atom stereocenters. The Hall–Kier alpha value is -1.09. The second kappa shape index (κ2) is 17.1. The van der Waals surface area contributed by atoms with Crippen LogP contribution in [0.2, 0.25) is 0 Å². The average Bonchev–Trinajstić information content (AvgIpc) is 3.48. The summed E-state index contributed by atoms with van der Waals surface area (Å²) in [5.74, 6) is 3.16. The lowest BCUT2D eigenvalue weighted by Gasteiger charge is -2.73. The van der Waals surface area contributed by atoms with Crippen LogP contribution in [0.25, 0.3) is 0 Å². The Morgan fingerprint density at radius 1 is 0.725 bits per heavy atom. The number of hydrogen-bond donors (Lipinski definition) is 1. The van der Waals surface area contributed by atoms with Gasteiger partial charge in [0.25, 0.3) is 0 Å². The van der Waals surface area contributed by atoms with E-state index in [1.54, 1.807) is 0 Å². The molecule has 5 saturated carbocycles. The molecular formula is C48H82O3. The molecule has 0 heterocycles. The molecule has 0 aromatic heterocycles. The van der Waals surface area contributed by atoms with Gasteiger partial charge in [0.05, 0.1) is 12.7 Å². The van der Waals surface area contributed by atoms with Crippen molar-refractivity contribution in [3.63, 3.8) is 0 Å². The van der Waals surface area contributed by atoms with E-state index >= 15 is 0 Å². The predicted octanol–water partition coefficient (Wildman–Crippen LogP) is 13.6. The minimum atomic E-state index is -0.170. The van der Waals surface area contributed by atoms with Crippen molar-refractivity contribution in [1.29, 1.82) is 0 Å². The molecule has 3 heteroatoms. The first-order valence-electron chi connectivity index (χ1n) is 22.4. The number of fused-ring (bicyclic) bond motifs is 7. The van der Waals surface area contributed by atoms with Crippen molar-refractivity contribution < 1.29 is 14.6 Å². The summed E-state index contributed by atoms with van der Waals surface area (Å²) in [6.07, 6.45) is 33.9. The van der Waals surface area contributed by atoms with Crippen LogP contribution in [0.4, 0.5) is 0 Å². The number of carbonyl (C=O) groups excluding carboxylic acids is 1. The molecule has 5 aliphatic rings. The van der Waals surface area contributed by atoms with E-state index in [9.17, 15) is 9.90 Å². The van der Waals surface area contributed by atoms with Crippen LogP contribution in [0.3, 0.4) is 0 Å². The highest BCUT2D eigenvalue weighted by molar-refractivity contribution is 5.69. The molecule has 5 aliphatic carbocycles. The maximum atomic E-state index is 13.2. The molecule has 0 bridgehead atoms. The number of carbonyl (C=O) groups is 1. The molecule has 0 unspecified atom stereocenters. The van der Waals surface area contributed by atoms with E-state index in [2.05, 4.69) is 67.2 Å². The number of ether oxygens (including phenoxy) is 1. The van der Waals surface area contributed by atoms with Crippen LogP contribution in [-0.2, 0) is 9.53 Å². The van der Waals surface area contributed by atoms with E-state index in [-0.39, 0.29) is 22.9 Å². The molecule has 292 valence electrons. The fourth-order valence-corrected chi connectivity index (χ4v) is 14.2. The summed E-state index contributed by atoms with van der Waals surface area (Å²) in [4.78, 5) is 13.2. The topological polar surface area (TPSA) is 46.5 Å². The Morgan fingerprint density at radius 3 is 2.04 bits per heavy atom. The standard InChI is InChI=1S/C48H82O3/c1-9-10-11-12-13-14-15-16-17-18-19-20-21-22-23-24-42(50)51-35-48-32-27-37(36(2)3)43(48)38-25-26-40-45(6)30-29-41(49)44(4,5)39(45)28-31-47(40,8)46(38,7)33-34-48/h16-17,37-41,43,49H,2,9-15,18-35H2,1,3-8H3/t37-,38+,39-,40+,41-,43+,45-,46+,47+,48+/m0/s1. The van der Waals surface area contributed by atoms with Crippen molar-refractivity contribution in [2.75, 3.05) is 6.61 Å². The highest BCUT2D eigenvalue weighted by atomic mass is 16.5. The zero-order valence-corrected chi connectivity index (χ0v) is 34.8. The number of unbranched alkanes of at least 4 members (excludes halogenated alkanes) is 11. The number of aliphatic hydroxyl groups excluding tert-OH is 1. The quantitative estimate of drug-likeness (QED) is 0.0877. The van der Waals surface area contributed by atoms with Crippen molar-refractivity contribution >= 4 is 5.97 Å². The van der Waals surface area contributed by atoms with E-state index in [0.717, 1.165) is 25.2 Å². The van der Waals surface area contributed by atoms with Crippen molar-refractivity contribution in [3.8, 4) is 0 Å². The van der Waals surface area contributed by atoms with Crippen LogP contribution in [0.5, 0.6) is 0 Å². The number of aliphatic hydroxyl groups is 1. The van der Waals surface area contributed by atoms with Gasteiger partial charge in [-0.15, -0.1) is 0 Å². The summed E-state index contributed by atoms with van der Waals surface area (Å²) >= 11 is 0. The monoisotopic (exact) mass is 707 g/mol. The van der Waals surface area contributed by atoms with Crippen molar-refractivity contribution in [2.45, 2.75) is 209 Å². The summed E-state index contributed by atoms with van der Waals surface area (Å²) in [7, 11) is 0. The lowest BCUT2D eigenvalue weighted by atomic mass is 9.32. The number of esters is 1. The van der Waals surface area contributed by atoms with E-state index < -0.39 is 0 Å². The Labute approximate surface area is 316 Å². The lowest BCUT2D eigenvalue weighted by molar-refractivity contribution is -0.250. The molecule has 0 saturated heterocycles. The maximum Gasteiger partial charge on any atom is 0.305 e. The largest absolute Gasteiger partial charge is 0.465 e. The van der Waals surface area contributed by atoms with Gasteiger partial charge in [0.1, 0.15) is 0 Å². The van der Waals surface area contributed by atoms with Gasteiger partial charge >= 0.3 is 5.97 Å². The van der Waals surface area contributed by atoms with Crippen LogP contribution in [0, 0.1) is 56.7 Å². The first-order chi connectivity index (χ1) is 24.3. The van der Waals surface area contributed by atoms with Crippen LogP contribution in [0.15, 0.2) is 24.3 Å². The lowest BCUT2D eigenvalue weighted by Crippen LogP contribution is -2.66. The molecule has 5 rings (SSSR count). The molecule has 0 aromatic carbocycles. The zero-order valence-electron chi connectivity index (χ0n) is 34.8. The number of allylic oxidation sites excluding steroid dienone is 3. The van der Waals surface area contributed by atoms with E-state index in [1.165, 1.54) is 134 Å². The van der Waals surface area contributed by atoms with Gasteiger partial charge in [-0.25, -0.2) is 0 Å². The molecular weight excluding hydrogens is 625 g/mol. The number of hydrogen-bond acceptors (Lipinski definition) is 3. The van der Waals surface area contributed by atoms with Gasteiger partial charge < -0.3 is 9.84 Å². The molecule has 0 aliphatic heterocycles.